The summed E-state index contributed by atoms with van der Waals surface area (Å²) in [6, 6.07) is 10.1. The second-order valence-corrected chi connectivity index (χ2v) is 8.01. The van der Waals surface area contributed by atoms with E-state index in [1.54, 1.807) is 17.3 Å². The van der Waals surface area contributed by atoms with Crippen molar-refractivity contribution in [3.05, 3.63) is 42.2 Å². The van der Waals surface area contributed by atoms with Gasteiger partial charge in [0.15, 0.2) is 0 Å². The molecule has 2 aromatic rings. The minimum atomic E-state index is -0.392. The third-order valence-corrected chi connectivity index (χ3v) is 6.30. The van der Waals surface area contributed by atoms with Gasteiger partial charge >= 0.3 is 6.03 Å². The first kappa shape index (κ1) is 19.8. The van der Waals surface area contributed by atoms with E-state index in [4.69, 9.17) is 16.7 Å². The number of nitrogens with two attached hydrogens (primary N) is 2. The van der Waals surface area contributed by atoms with Gasteiger partial charge in [-0.15, -0.1) is 0 Å². The Morgan fingerprint density at radius 2 is 1.77 bits per heavy atom. The van der Waals surface area contributed by atoms with Gasteiger partial charge in [-0.05, 0) is 36.8 Å². The Labute approximate surface area is 175 Å². The Morgan fingerprint density at radius 3 is 2.30 bits per heavy atom. The fourth-order valence-corrected chi connectivity index (χ4v) is 4.17. The summed E-state index contributed by atoms with van der Waals surface area (Å²) >= 11 is 0. The maximum atomic E-state index is 12.6. The average molecular weight is 403 g/mol. The summed E-state index contributed by atoms with van der Waals surface area (Å²) in [5.41, 5.74) is 14.5. The van der Waals surface area contributed by atoms with Gasteiger partial charge in [0.2, 0.25) is 5.95 Å². The number of nitrogens with zero attached hydrogens (tertiary/aromatic N) is 5. The summed E-state index contributed by atoms with van der Waals surface area (Å²) in [4.78, 5) is 26.7. The van der Waals surface area contributed by atoms with Crippen LogP contribution in [0.5, 0.6) is 0 Å². The van der Waals surface area contributed by atoms with Crippen LogP contribution in [0.15, 0.2) is 41.7 Å². The van der Waals surface area contributed by atoms with Crippen molar-refractivity contribution in [2.45, 2.75) is 37.5 Å². The van der Waals surface area contributed by atoms with E-state index < -0.39 is 5.41 Å². The number of carbonyl (C=O) groups is 1. The lowest BCUT2D eigenvalue weighted by molar-refractivity contribution is 0.188. The molecule has 1 saturated heterocycles. The van der Waals surface area contributed by atoms with Crippen molar-refractivity contribution in [1.82, 2.24) is 14.9 Å². The third kappa shape index (κ3) is 3.71. The maximum Gasteiger partial charge on any atom is 0.345 e. The Kier molecular flexibility index (Phi) is 5.36. The molecule has 2 amide bonds. The largest absolute Gasteiger partial charge is 0.386 e. The van der Waals surface area contributed by atoms with E-state index in [1.807, 2.05) is 24.3 Å². The van der Waals surface area contributed by atoms with Gasteiger partial charge in [0, 0.05) is 37.0 Å². The van der Waals surface area contributed by atoms with Crippen molar-refractivity contribution < 1.29 is 4.79 Å². The zero-order valence-corrected chi connectivity index (χ0v) is 16.8. The summed E-state index contributed by atoms with van der Waals surface area (Å²) in [5, 5.41) is 9.02. The number of amides is 2. The van der Waals surface area contributed by atoms with E-state index in [1.165, 1.54) is 0 Å². The lowest BCUT2D eigenvalue weighted by Crippen LogP contribution is -2.48. The van der Waals surface area contributed by atoms with E-state index in [-0.39, 0.29) is 17.9 Å². The van der Waals surface area contributed by atoms with Crippen molar-refractivity contribution in [1.29, 1.82) is 5.26 Å². The van der Waals surface area contributed by atoms with Gasteiger partial charge in [-0.1, -0.05) is 30.7 Å². The molecule has 1 aliphatic heterocycles. The normalized spacial score (nSPS) is 19.0. The number of aromatic nitrogens is 2. The quantitative estimate of drug-likeness (QED) is 0.598. The summed E-state index contributed by atoms with van der Waals surface area (Å²) in [5.74, 6) is 0.650. The highest BCUT2D eigenvalue weighted by molar-refractivity contribution is 6.00. The van der Waals surface area contributed by atoms with Crippen LogP contribution < -0.4 is 11.5 Å². The number of amidine groups is 1. The number of benzene rings is 1. The van der Waals surface area contributed by atoms with Crippen molar-refractivity contribution in [2.24, 2.45) is 16.6 Å². The van der Waals surface area contributed by atoms with Crippen LogP contribution in [-0.4, -0.2) is 39.8 Å². The van der Waals surface area contributed by atoms with Crippen LogP contribution in [0.1, 0.15) is 37.7 Å². The Balaban J connectivity index is 1.52. The maximum absolute atomic E-state index is 12.6. The second kappa shape index (κ2) is 8.11. The SMILES string of the molecule is N#CC1CCN(C(=O)N=C(N)C2(c3ccc(-c4cnc(N)nc4)cc3)CCC2)CC1. The molecule has 1 aliphatic carbocycles. The number of hydrogen-bond donors (Lipinski definition) is 2. The number of hydrogen-bond acceptors (Lipinski definition) is 5. The summed E-state index contributed by atoms with van der Waals surface area (Å²) in [6.45, 7) is 1.11. The Bertz CT molecular complexity index is 980. The fraction of sp³-hybridized carbons (Fsp3) is 0.409. The molecule has 0 bridgehead atoms. The number of aliphatic imine (C=N–C) groups is 1. The van der Waals surface area contributed by atoms with Crippen LogP contribution in [0.2, 0.25) is 0 Å². The molecule has 1 aromatic heterocycles. The van der Waals surface area contributed by atoms with E-state index >= 15 is 0 Å². The molecule has 1 aromatic carbocycles. The molecule has 1 saturated carbocycles. The second-order valence-electron chi connectivity index (χ2n) is 8.01. The molecule has 0 spiro atoms. The molecule has 0 unspecified atom stereocenters. The van der Waals surface area contributed by atoms with Gasteiger partial charge in [-0.2, -0.15) is 10.3 Å². The van der Waals surface area contributed by atoms with Gasteiger partial charge < -0.3 is 16.4 Å². The highest BCUT2D eigenvalue weighted by Gasteiger charge is 2.43. The van der Waals surface area contributed by atoms with E-state index in [0.29, 0.717) is 31.8 Å². The van der Waals surface area contributed by atoms with Crippen LogP contribution in [0.3, 0.4) is 0 Å². The Morgan fingerprint density at radius 1 is 1.13 bits per heavy atom. The van der Waals surface area contributed by atoms with Crippen LogP contribution in [0.4, 0.5) is 10.7 Å². The van der Waals surface area contributed by atoms with Gasteiger partial charge in [0.1, 0.15) is 5.84 Å². The molecular formula is C22H25N7O. The molecule has 8 heteroatoms. The van der Waals surface area contributed by atoms with Crippen LogP contribution in [0, 0.1) is 17.2 Å². The van der Waals surface area contributed by atoms with Crippen molar-refractivity contribution >= 4 is 17.8 Å². The van der Waals surface area contributed by atoms with Gasteiger partial charge in [0.25, 0.3) is 0 Å². The number of rotatable bonds is 3. The van der Waals surface area contributed by atoms with Gasteiger partial charge in [0.05, 0.1) is 11.5 Å². The number of piperidine rings is 1. The van der Waals surface area contributed by atoms with Gasteiger partial charge in [-0.3, -0.25) is 0 Å². The number of nitrogen functional groups attached to an aromatic ring is 1. The van der Waals surface area contributed by atoms with Crippen LogP contribution >= 0.6 is 0 Å². The summed E-state index contributed by atoms with van der Waals surface area (Å²) in [6.07, 6.45) is 7.57. The molecule has 154 valence electrons. The summed E-state index contributed by atoms with van der Waals surface area (Å²) < 4.78 is 0. The topological polar surface area (TPSA) is 134 Å². The predicted octanol–water partition coefficient (Wildman–Crippen LogP) is 2.86. The Hall–Kier alpha value is -3.47. The molecule has 2 aliphatic rings. The van der Waals surface area contributed by atoms with E-state index in [0.717, 1.165) is 36.0 Å². The minimum absolute atomic E-state index is 0.0262. The van der Waals surface area contributed by atoms with Crippen LogP contribution in [0.25, 0.3) is 11.1 Å². The molecule has 0 radical (unpaired) electrons. The van der Waals surface area contributed by atoms with Crippen molar-refractivity contribution in [3.8, 4) is 17.2 Å². The average Bonchev–Trinajstić information content (AvgIpc) is 2.74. The smallest absolute Gasteiger partial charge is 0.345 e. The monoisotopic (exact) mass is 403 g/mol. The number of carbonyl (C=O) groups excluding carboxylic acids is 1. The minimum Gasteiger partial charge on any atom is -0.386 e. The molecule has 2 heterocycles. The molecule has 4 N–H and O–H groups in total. The molecule has 30 heavy (non-hydrogen) atoms. The number of anilines is 1. The van der Waals surface area contributed by atoms with Gasteiger partial charge in [-0.25, -0.2) is 14.8 Å². The number of nitriles is 1. The summed E-state index contributed by atoms with van der Waals surface area (Å²) in [7, 11) is 0. The first-order valence-corrected chi connectivity index (χ1v) is 10.2. The lowest BCUT2D eigenvalue weighted by atomic mass is 9.63. The fourth-order valence-electron chi connectivity index (χ4n) is 4.17. The predicted molar refractivity (Wildman–Crippen MR) is 114 cm³/mol. The standard InChI is InChI=1S/C22H25N7O/c23-12-15-6-10-29(11-7-15)21(30)28-19(24)22(8-1-9-22)18-4-2-16(3-5-18)17-13-26-20(25)27-14-17/h2-5,13-15H,1,6-11H2,(H2,24,28,30)(H2,25,26,27). The number of likely N-dealkylation sites (tertiary alicyclic amines) is 1. The molecule has 4 rings (SSSR count). The molecule has 2 fully saturated rings. The van der Waals surface area contributed by atoms with E-state index in [9.17, 15) is 4.79 Å². The molecular weight excluding hydrogens is 378 g/mol. The molecule has 0 atom stereocenters. The zero-order valence-electron chi connectivity index (χ0n) is 16.8. The zero-order chi connectivity index (χ0) is 21.1. The van der Waals surface area contributed by atoms with Crippen LogP contribution in [-0.2, 0) is 5.41 Å². The van der Waals surface area contributed by atoms with E-state index in [2.05, 4.69) is 21.0 Å². The highest BCUT2D eigenvalue weighted by Crippen LogP contribution is 2.44. The number of urea groups is 1. The third-order valence-electron chi connectivity index (χ3n) is 6.30. The highest BCUT2D eigenvalue weighted by atomic mass is 16.2. The van der Waals surface area contributed by atoms with Crippen molar-refractivity contribution in [2.75, 3.05) is 18.8 Å². The molecule has 8 nitrogen and oxygen atoms in total. The lowest BCUT2D eigenvalue weighted by Gasteiger charge is -2.42. The first-order chi connectivity index (χ1) is 14.5. The first-order valence-electron chi connectivity index (χ1n) is 10.2. The van der Waals surface area contributed by atoms with Crippen molar-refractivity contribution in [3.63, 3.8) is 0 Å².